The van der Waals surface area contributed by atoms with Gasteiger partial charge in [-0.3, -0.25) is 4.79 Å². The van der Waals surface area contributed by atoms with Gasteiger partial charge in [-0.15, -0.1) is 0 Å². The maximum absolute atomic E-state index is 12.9. The lowest BCUT2D eigenvalue weighted by Gasteiger charge is -2.44. The molecule has 1 saturated carbocycles. The van der Waals surface area contributed by atoms with Crippen molar-refractivity contribution >= 4 is 5.97 Å². The standard InChI is InChI=1S/C20H38O2/c1-14(2)20(9,19(6,7)8)17(21)22-16-12-10-15(11-13-16)18(3,4)5/h14-16H,10-13H2,1-9H3. The van der Waals surface area contributed by atoms with Crippen LogP contribution in [0.5, 0.6) is 0 Å². The van der Waals surface area contributed by atoms with Gasteiger partial charge in [0.1, 0.15) is 6.10 Å². The van der Waals surface area contributed by atoms with Crippen LogP contribution in [0.15, 0.2) is 0 Å². The van der Waals surface area contributed by atoms with Gasteiger partial charge in [-0.25, -0.2) is 0 Å². The Labute approximate surface area is 138 Å². The van der Waals surface area contributed by atoms with Gasteiger partial charge in [-0.05, 0) is 55.3 Å². The molecule has 0 bridgehead atoms. The second-order valence-corrected chi connectivity index (χ2v) is 9.85. The van der Waals surface area contributed by atoms with Crippen molar-refractivity contribution in [1.82, 2.24) is 0 Å². The first-order valence-corrected chi connectivity index (χ1v) is 9.01. The van der Waals surface area contributed by atoms with Crippen molar-refractivity contribution < 1.29 is 9.53 Å². The molecule has 0 saturated heterocycles. The molecule has 1 fully saturated rings. The van der Waals surface area contributed by atoms with E-state index in [9.17, 15) is 4.79 Å². The highest BCUT2D eigenvalue weighted by Crippen LogP contribution is 2.46. The highest BCUT2D eigenvalue weighted by atomic mass is 16.5. The summed E-state index contributed by atoms with van der Waals surface area (Å²) >= 11 is 0. The number of esters is 1. The van der Waals surface area contributed by atoms with E-state index in [0.29, 0.717) is 5.41 Å². The molecule has 2 nitrogen and oxygen atoms in total. The maximum atomic E-state index is 12.9. The Morgan fingerprint density at radius 3 is 1.68 bits per heavy atom. The lowest BCUT2D eigenvalue weighted by atomic mass is 9.61. The van der Waals surface area contributed by atoms with Crippen molar-refractivity contribution in [2.24, 2.45) is 28.1 Å². The molecule has 22 heavy (non-hydrogen) atoms. The first-order chi connectivity index (χ1) is 9.80. The van der Waals surface area contributed by atoms with E-state index in [2.05, 4.69) is 62.3 Å². The second kappa shape index (κ2) is 6.53. The maximum Gasteiger partial charge on any atom is 0.312 e. The molecule has 1 atom stereocenters. The fraction of sp³-hybridized carbons (Fsp3) is 0.950. The van der Waals surface area contributed by atoms with Crippen molar-refractivity contribution in [1.29, 1.82) is 0 Å². The number of hydrogen-bond acceptors (Lipinski definition) is 2. The molecule has 2 heteroatoms. The van der Waals surface area contributed by atoms with Crippen LogP contribution >= 0.6 is 0 Å². The minimum absolute atomic E-state index is 0.00536. The predicted octanol–water partition coefficient (Wildman–Crippen LogP) is 5.84. The smallest absolute Gasteiger partial charge is 0.312 e. The van der Waals surface area contributed by atoms with Crippen molar-refractivity contribution in [2.75, 3.05) is 0 Å². The third-order valence-corrected chi connectivity index (χ3v) is 6.31. The third kappa shape index (κ3) is 4.06. The molecular formula is C20H38O2. The summed E-state index contributed by atoms with van der Waals surface area (Å²) < 4.78 is 5.97. The lowest BCUT2D eigenvalue weighted by Crippen LogP contribution is -2.47. The largest absolute Gasteiger partial charge is 0.462 e. The quantitative estimate of drug-likeness (QED) is 0.612. The summed E-state index contributed by atoms with van der Waals surface area (Å²) in [5.74, 6) is 1.02. The molecular weight excluding hydrogens is 272 g/mol. The molecule has 0 heterocycles. The van der Waals surface area contributed by atoms with E-state index in [4.69, 9.17) is 4.74 Å². The van der Waals surface area contributed by atoms with E-state index in [1.807, 2.05) is 0 Å². The Balaban J connectivity index is 2.70. The predicted molar refractivity (Wildman–Crippen MR) is 93.7 cm³/mol. The van der Waals surface area contributed by atoms with Crippen molar-refractivity contribution in [3.8, 4) is 0 Å². The molecule has 0 aliphatic heterocycles. The van der Waals surface area contributed by atoms with Crippen LogP contribution in [0.3, 0.4) is 0 Å². The average Bonchev–Trinajstić information content (AvgIpc) is 2.35. The van der Waals surface area contributed by atoms with Gasteiger partial charge in [0.25, 0.3) is 0 Å². The average molecular weight is 311 g/mol. The molecule has 0 aromatic heterocycles. The molecule has 0 radical (unpaired) electrons. The molecule has 1 unspecified atom stereocenters. The topological polar surface area (TPSA) is 26.3 Å². The Morgan fingerprint density at radius 1 is 0.909 bits per heavy atom. The van der Waals surface area contributed by atoms with Crippen LogP contribution in [0.1, 0.15) is 88.0 Å². The van der Waals surface area contributed by atoms with Gasteiger partial charge in [0.05, 0.1) is 5.41 Å². The van der Waals surface area contributed by atoms with Crippen LogP contribution in [-0.2, 0) is 9.53 Å². The van der Waals surface area contributed by atoms with Gasteiger partial charge < -0.3 is 4.74 Å². The van der Waals surface area contributed by atoms with Gasteiger partial charge in [0.15, 0.2) is 0 Å². The van der Waals surface area contributed by atoms with Crippen molar-refractivity contribution in [3.63, 3.8) is 0 Å². The molecule has 1 rings (SSSR count). The Morgan fingerprint density at radius 2 is 1.36 bits per heavy atom. The normalized spacial score (nSPS) is 26.6. The van der Waals surface area contributed by atoms with Crippen molar-refractivity contribution in [3.05, 3.63) is 0 Å². The molecule has 0 amide bonds. The summed E-state index contributed by atoms with van der Waals surface area (Å²) in [6.07, 6.45) is 4.51. The van der Waals surface area contributed by atoms with Gasteiger partial charge in [-0.2, -0.15) is 0 Å². The molecule has 1 aliphatic rings. The first kappa shape index (κ1) is 19.5. The molecule has 0 spiro atoms. The Kier molecular flexibility index (Phi) is 5.79. The van der Waals surface area contributed by atoms with Gasteiger partial charge in [-0.1, -0.05) is 55.4 Å². The first-order valence-electron chi connectivity index (χ1n) is 9.01. The monoisotopic (exact) mass is 310 g/mol. The number of ether oxygens (including phenoxy) is 1. The van der Waals surface area contributed by atoms with E-state index in [-0.39, 0.29) is 23.4 Å². The van der Waals surface area contributed by atoms with E-state index in [1.54, 1.807) is 0 Å². The summed E-state index contributed by atoms with van der Waals surface area (Å²) in [5, 5.41) is 0. The van der Waals surface area contributed by atoms with Gasteiger partial charge >= 0.3 is 5.97 Å². The van der Waals surface area contributed by atoms with E-state index in [1.165, 1.54) is 12.8 Å². The summed E-state index contributed by atoms with van der Waals surface area (Å²) in [4.78, 5) is 12.9. The van der Waals surface area contributed by atoms with Crippen LogP contribution in [0.2, 0.25) is 0 Å². The van der Waals surface area contributed by atoms with E-state index in [0.717, 1.165) is 18.8 Å². The highest BCUT2D eigenvalue weighted by molar-refractivity contribution is 5.78. The Hall–Kier alpha value is -0.530. The Bertz CT molecular complexity index is 375. The molecule has 0 aromatic rings. The fourth-order valence-electron chi connectivity index (χ4n) is 3.73. The highest BCUT2D eigenvalue weighted by Gasteiger charge is 2.48. The number of hydrogen-bond donors (Lipinski definition) is 0. The van der Waals surface area contributed by atoms with Crippen molar-refractivity contribution in [2.45, 2.75) is 94.1 Å². The van der Waals surface area contributed by atoms with Crippen LogP contribution in [0.25, 0.3) is 0 Å². The molecule has 0 N–H and O–H groups in total. The van der Waals surface area contributed by atoms with Crippen LogP contribution < -0.4 is 0 Å². The van der Waals surface area contributed by atoms with Gasteiger partial charge in [0.2, 0.25) is 0 Å². The zero-order valence-corrected chi connectivity index (χ0v) is 16.4. The fourth-order valence-corrected chi connectivity index (χ4v) is 3.73. The van der Waals surface area contributed by atoms with Gasteiger partial charge in [0, 0.05) is 0 Å². The van der Waals surface area contributed by atoms with E-state index < -0.39 is 5.41 Å². The second-order valence-electron chi connectivity index (χ2n) is 9.85. The molecule has 130 valence electrons. The summed E-state index contributed by atoms with van der Waals surface area (Å²) in [5.41, 5.74) is -0.165. The SMILES string of the molecule is CC(C)C(C)(C(=O)OC1CCC(C(C)(C)C)CC1)C(C)(C)C. The zero-order valence-electron chi connectivity index (χ0n) is 16.4. The summed E-state index contributed by atoms with van der Waals surface area (Å²) in [6.45, 7) is 19.7. The van der Waals surface area contributed by atoms with Crippen LogP contribution in [-0.4, -0.2) is 12.1 Å². The number of carbonyl (C=O) groups excluding carboxylic acids is 1. The summed E-state index contributed by atoms with van der Waals surface area (Å²) in [6, 6.07) is 0. The van der Waals surface area contributed by atoms with Crippen LogP contribution in [0.4, 0.5) is 0 Å². The van der Waals surface area contributed by atoms with E-state index >= 15 is 0 Å². The zero-order chi connectivity index (χ0) is 17.3. The van der Waals surface area contributed by atoms with Crippen LogP contribution in [0, 0.1) is 28.1 Å². The minimum atomic E-state index is -0.437. The molecule has 1 aliphatic carbocycles. The number of carbonyl (C=O) groups is 1. The lowest BCUT2D eigenvalue weighted by molar-refractivity contribution is -0.174. The number of rotatable bonds is 3. The molecule has 0 aromatic carbocycles. The minimum Gasteiger partial charge on any atom is -0.462 e. The summed E-state index contributed by atoms with van der Waals surface area (Å²) in [7, 11) is 0. The third-order valence-electron chi connectivity index (χ3n) is 6.31.